The Hall–Kier alpha value is -1.81. The first-order chi connectivity index (χ1) is 8.54. The van der Waals surface area contributed by atoms with Crippen LogP contribution < -0.4 is 10.5 Å². The summed E-state index contributed by atoms with van der Waals surface area (Å²) in [5.74, 6) is 0.419. The van der Waals surface area contributed by atoms with E-state index >= 15 is 0 Å². The first-order valence-electron chi connectivity index (χ1n) is 5.58. The lowest BCUT2D eigenvalue weighted by molar-refractivity contribution is 0.103. The summed E-state index contributed by atoms with van der Waals surface area (Å²) in [6.45, 7) is 3.93. The fourth-order valence-corrected chi connectivity index (χ4v) is 2.93. The van der Waals surface area contributed by atoms with Crippen molar-refractivity contribution in [2.45, 2.75) is 13.8 Å². The van der Waals surface area contributed by atoms with Crippen LogP contribution in [0.4, 0.5) is 5.69 Å². The molecule has 1 heterocycles. The summed E-state index contributed by atoms with van der Waals surface area (Å²) in [6, 6.07) is 7.24. The van der Waals surface area contributed by atoms with Gasteiger partial charge in [-0.2, -0.15) is 0 Å². The second-order valence-corrected chi connectivity index (χ2v) is 5.38. The van der Waals surface area contributed by atoms with Gasteiger partial charge in [0.1, 0.15) is 0 Å². The number of carbonyl (C=O) groups is 1. The molecular weight excluding hydrogens is 246 g/mol. The van der Waals surface area contributed by atoms with Crippen molar-refractivity contribution in [2.75, 3.05) is 12.8 Å². The van der Waals surface area contributed by atoms with E-state index in [1.165, 1.54) is 18.4 Å². The monoisotopic (exact) mass is 261 g/mol. The molecule has 0 radical (unpaired) electrons. The molecule has 2 aromatic rings. The van der Waals surface area contributed by atoms with E-state index in [9.17, 15) is 4.79 Å². The number of thiophene rings is 1. The third-order valence-electron chi connectivity index (χ3n) is 2.74. The molecule has 0 spiro atoms. The molecule has 2 N–H and O–H groups in total. The number of nitrogens with two attached hydrogens (primary N) is 1. The minimum Gasteiger partial charge on any atom is -0.494 e. The molecule has 0 aliphatic heterocycles. The number of carbonyl (C=O) groups excluding carboxylic acids is 1. The molecule has 0 aliphatic rings. The maximum atomic E-state index is 12.5. The lowest BCUT2D eigenvalue weighted by Crippen LogP contribution is -2.05. The summed E-state index contributed by atoms with van der Waals surface area (Å²) in [7, 11) is 1.52. The molecule has 18 heavy (non-hydrogen) atoms. The molecule has 4 heteroatoms. The number of rotatable bonds is 3. The van der Waals surface area contributed by atoms with Crippen LogP contribution in [0.2, 0.25) is 0 Å². The number of hydrogen-bond donors (Lipinski definition) is 1. The molecule has 0 saturated heterocycles. The first kappa shape index (κ1) is 12.6. The number of methoxy groups -OCH3 is 1. The van der Waals surface area contributed by atoms with Crippen molar-refractivity contribution >= 4 is 22.8 Å². The summed E-state index contributed by atoms with van der Waals surface area (Å²) in [5, 5.41) is 0. The zero-order valence-corrected chi connectivity index (χ0v) is 11.4. The Labute approximate surface area is 110 Å². The number of aryl methyl sites for hydroxylation is 2. The van der Waals surface area contributed by atoms with Gasteiger partial charge in [0.25, 0.3) is 0 Å². The van der Waals surface area contributed by atoms with Crippen molar-refractivity contribution in [3.8, 4) is 5.75 Å². The number of anilines is 1. The molecule has 1 aromatic heterocycles. The van der Waals surface area contributed by atoms with Crippen LogP contribution in [-0.2, 0) is 0 Å². The minimum atomic E-state index is -0.0326. The summed E-state index contributed by atoms with van der Waals surface area (Å²) in [4.78, 5) is 14.4. The fraction of sp³-hybridized carbons (Fsp3) is 0.214. The number of nitrogen functional groups attached to an aromatic ring is 1. The number of benzene rings is 1. The Bertz CT molecular complexity index is 602. The van der Waals surface area contributed by atoms with Gasteiger partial charge in [-0.1, -0.05) is 6.07 Å². The van der Waals surface area contributed by atoms with Gasteiger partial charge in [-0.25, -0.2) is 0 Å². The van der Waals surface area contributed by atoms with Crippen molar-refractivity contribution in [2.24, 2.45) is 0 Å². The Balaban J connectivity index is 2.53. The van der Waals surface area contributed by atoms with Gasteiger partial charge in [0.2, 0.25) is 5.78 Å². The smallest absolute Gasteiger partial charge is 0.207 e. The third kappa shape index (κ3) is 2.11. The van der Waals surface area contributed by atoms with Crippen LogP contribution in [0.5, 0.6) is 5.75 Å². The van der Waals surface area contributed by atoms with Crippen LogP contribution in [0.1, 0.15) is 25.7 Å². The zero-order valence-electron chi connectivity index (χ0n) is 10.6. The molecular formula is C14H15NO2S. The first-order valence-corrected chi connectivity index (χ1v) is 6.40. The van der Waals surface area contributed by atoms with E-state index in [0.717, 1.165) is 15.3 Å². The van der Waals surface area contributed by atoms with Gasteiger partial charge in [0.05, 0.1) is 23.2 Å². The topological polar surface area (TPSA) is 52.3 Å². The van der Waals surface area contributed by atoms with Crippen molar-refractivity contribution in [1.29, 1.82) is 0 Å². The normalized spacial score (nSPS) is 10.4. The molecule has 2 rings (SSSR count). The van der Waals surface area contributed by atoms with Crippen LogP contribution in [0, 0.1) is 13.8 Å². The molecule has 94 valence electrons. The Morgan fingerprint density at radius 2 is 2.06 bits per heavy atom. The molecule has 0 atom stereocenters. The van der Waals surface area contributed by atoms with Crippen molar-refractivity contribution < 1.29 is 9.53 Å². The van der Waals surface area contributed by atoms with E-state index in [0.29, 0.717) is 17.0 Å². The largest absolute Gasteiger partial charge is 0.494 e. The van der Waals surface area contributed by atoms with Crippen LogP contribution in [0.3, 0.4) is 0 Å². The average molecular weight is 261 g/mol. The van der Waals surface area contributed by atoms with E-state index in [2.05, 4.69) is 0 Å². The maximum absolute atomic E-state index is 12.5. The molecule has 0 amide bonds. The lowest BCUT2D eigenvalue weighted by Gasteiger charge is -2.09. The summed E-state index contributed by atoms with van der Waals surface area (Å²) < 4.78 is 5.22. The highest BCUT2D eigenvalue weighted by Crippen LogP contribution is 2.31. The lowest BCUT2D eigenvalue weighted by atomic mass is 10.1. The summed E-state index contributed by atoms with van der Waals surface area (Å²) in [5.41, 5.74) is 7.81. The number of hydrogen-bond acceptors (Lipinski definition) is 4. The molecule has 0 bridgehead atoms. The molecule has 0 saturated carbocycles. The van der Waals surface area contributed by atoms with E-state index in [-0.39, 0.29) is 5.78 Å². The van der Waals surface area contributed by atoms with Crippen LogP contribution in [0.15, 0.2) is 24.3 Å². The van der Waals surface area contributed by atoms with Gasteiger partial charge in [-0.15, -0.1) is 11.3 Å². The molecule has 0 aliphatic carbocycles. The number of ether oxygens (including phenoxy) is 1. The predicted molar refractivity (Wildman–Crippen MR) is 74.6 cm³/mol. The highest BCUT2D eigenvalue weighted by Gasteiger charge is 2.19. The van der Waals surface area contributed by atoms with Gasteiger partial charge < -0.3 is 10.5 Å². The Morgan fingerprint density at radius 1 is 1.33 bits per heavy atom. The van der Waals surface area contributed by atoms with Crippen LogP contribution in [-0.4, -0.2) is 12.9 Å². The minimum absolute atomic E-state index is 0.0326. The molecule has 0 unspecified atom stereocenters. The highest BCUT2D eigenvalue weighted by molar-refractivity contribution is 7.14. The van der Waals surface area contributed by atoms with E-state index in [1.54, 1.807) is 18.2 Å². The predicted octanol–water partition coefficient (Wildman–Crippen LogP) is 3.19. The summed E-state index contributed by atoms with van der Waals surface area (Å²) in [6.07, 6.45) is 0. The fourth-order valence-electron chi connectivity index (χ4n) is 1.95. The molecule has 3 nitrogen and oxygen atoms in total. The van der Waals surface area contributed by atoms with E-state index in [4.69, 9.17) is 10.5 Å². The zero-order chi connectivity index (χ0) is 13.3. The number of para-hydroxylation sites is 1. The second-order valence-electron chi connectivity index (χ2n) is 4.13. The van der Waals surface area contributed by atoms with Crippen LogP contribution >= 0.6 is 11.3 Å². The van der Waals surface area contributed by atoms with Gasteiger partial charge in [0.15, 0.2) is 5.75 Å². The maximum Gasteiger partial charge on any atom is 0.207 e. The van der Waals surface area contributed by atoms with Crippen LogP contribution in [0.25, 0.3) is 0 Å². The van der Waals surface area contributed by atoms with Crippen molar-refractivity contribution in [1.82, 2.24) is 0 Å². The Kier molecular flexibility index (Phi) is 3.39. The third-order valence-corrected chi connectivity index (χ3v) is 3.89. The number of ketones is 1. The van der Waals surface area contributed by atoms with Gasteiger partial charge in [-0.3, -0.25) is 4.79 Å². The van der Waals surface area contributed by atoms with E-state index in [1.807, 2.05) is 19.9 Å². The second kappa shape index (κ2) is 4.82. The highest BCUT2D eigenvalue weighted by atomic mass is 32.1. The van der Waals surface area contributed by atoms with Crippen molar-refractivity contribution in [3.63, 3.8) is 0 Å². The SMILES string of the molecule is COc1c(N)cccc1C(=O)c1sc(C)cc1C. The van der Waals surface area contributed by atoms with Gasteiger partial charge in [0, 0.05) is 4.88 Å². The van der Waals surface area contributed by atoms with Crippen molar-refractivity contribution in [3.05, 3.63) is 45.1 Å². The Morgan fingerprint density at radius 3 is 2.61 bits per heavy atom. The molecule has 0 fully saturated rings. The molecule has 1 aromatic carbocycles. The van der Waals surface area contributed by atoms with Gasteiger partial charge in [-0.05, 0) is 37.6 Å². The summed E-state index contributed by atoms with van der Waals surface area (Å²) >= 11 is 1.50. The van der Waals surface area contributed by atoms with E-state index < -0.39 is 0 Å². The average Bonchev–Trinajstić information content (AvgIpc) is 2.67. The van der Waals surface area contributed by atoms with Gasteiger partial charge >= 0.3 is 0 Å². The standard InChI is InChI=1S/C14H15NO2S/c1-8-7-9(2)18-14(8)12(16)10-5-4-6-11(15)13(10)17-3/h4-7H,15H2,1-3H3. The quantitative estimate of drug-likeness (QED) is 0.682.